The molecular weight excluding hydrogens is 548 g/mol. The molecule has 43 heavy (non-hydrogen) atoms. The molecule has 4 aromatic carbocycles. The first-order valence-electron chi connectivity index (χ1n) is 13.8. The van der Waals surface area contributed by atoms with E-state index in [0.29, 0.717) is 47.3 Å². The quantitative estimate of drug-likeness (QED) is 0.0817. The Kier molecular flexibility index (Phi) is 11.1. The molecule has 0 radical (unpaired) electrons. The Balaban J connectivity index is 1.26. The van der Waals surface area contributed by atoms with Gasteiger partial charge in [-0.1, -0.05) is 37.3 Å². The van der Waals surface area contributed by atoms with Crippen molar-refractivity contribution in [2.45, 2.75) is 33.0 Å². The van der Waals surface area contributed by atoms with Crippen molar-refractivity contribution in [3.05, 3.63) is 114 Å². The fourth-order valence-electron chi connectivity index (χ4n) is 3.79. The van der Waals surface area contributed by atoms with Crippen molar-refractivity contribution in [2.75, 3.05) is 13.7 Å². The highest BCUT2D eigenvalue weighted by atomic mass is 16.6. The lowest BCUT2D eigenvalue weighted by Gasteiger charge is -2.13. The summed E-state index contributed by atoms with van der Waals surface area (Å²) in [5, 5.41) is 4.01. The lowest BCUT2D eigenvalue weighted by molar-refractivity contribution is -0.127. The highest BCUT2D eigenvalue weighted by Gasteiger charge is 2.15. The summed E-state index contributed by atoms with van der Waals surface area (Å²) in [5.74, 6) is 1.53. The van der Waals surface area contributed by atoms with E-state index in [9.17, 15) is 9.59 Å². The molecule has 4 rings (SSSR count). The monoisotopic (exact) mass is 582 g/mol. The van der Waals surface area contributed by atoms with E-state index in [1.54, 1.807) is 73.7 Å². The average Bonchev–Trinajstić information content (AvgIpc) is 3.04. The molecule has 0 saturated heterocycles. The normalized spacial score (nSPS) is 11.4. The number of benzene rings is 4. The summed E-state index contributed by atoms with van der Waals surface area (Å²) in [5.41, 5.74) is 4.54. The molecule has 0 aliphatic rings. The maximum atomic E-state index is 12.6. The van der Waals surface area contributed by atoms with Crippen LogP contribution in [-0.4, -0.2) is 37.9 Å². The molecule has 0 aliphatic carbocycles. The molecule has 1 atom stereocenters. The Morgan fingerprint density at radius 3 is 2.21 bits per heavy atom. The van der Waals surface area contributed by atoms with Gasteiger partial charge in [-0.15, -0.1) is 0 Å². The second-order valence-electron chi connectivity index (χ2n) is 9.41. The Morgan fingerprint density at radius 2 is 1.51 bits per heavy atom. The van der Waals surface area contributed by atoms with Gasteiger partial charge in [0.1, 0.15) is 23.9 Å². The predicted molar refractivity (Wildman–Crippen MR) is 163 cm³/mol. The number of hydrazone groups is 1. The number of amides is 1. The van der Waals surface area contributed by atoms with Crippen molar-refractivity contribution in [3.8, 4) is 28.7 Å². The largest absolute Gasteiger partial charge is 0.494 e. The van der Waals surface area contributed by atoms with Gasteiger partial charge in [-0.25, -0.2) is 10.2 Å². The molecule has 1 N–H and O–H groups in total. The van der Waals surface area contributed by atoms with Crippen molar-refractivity contribution in [1.82, 2.24) is 5.43 Å². The van der Waals surface area contributed by atoms with Gasteiger partial charge in [0.05, 0.1) is 25.5 Å². The number of methoxy groups -OCH3 is 1. The van der Waals surface area contributed by atoms with Gasteiger partial charge in [-0.2, -0.15) is 5.10 Å². The van der Waals surface area contributed by atoms with Gasteiger partial charge in [-0.3, -0.25) is 4.79 Å². The number of nitrogens with one attached hydrogen (secondary N) is 1. The summed E-state index contributed by atoms with van der Waals surface area (Å²) in [6.07, 6.45) is 1.55. The van der Waals surface area contributed by atoms with E-state index >= 15 is 0 Å². The summed E-state index contributed by atoms with van der Waals surface area (Å²) in [6, 6.07) is 28.6. The third-order valence-electron chi connectivity index (χ3n) is 6.10. The second-order valence-corrected chi connectivity index (χ2v) is 9.41. The minimum Gasteiger partial charge on any atom is -0.494 e. The van der Waals surface area contributed by atoms with Crippen molar-refractivity contribution in [1.29, 1.82) is 0 Å². The SMILES string of the molecule is CCCOc1ccc(C(=O)Oc2ccc(/C=N\NC(=O)[C@@H](C)Oc3ccc(OCc4ccccc4)cc3)cc2OC)cc1. The maximum absolute atomic E-state index is 12.6. The number of rotatable bonds is 14. The smallest absolute Gasteiger partial charge is 0.343 e. The van der Waals surface area contributed by atoms with E-state index in [1.807, 2.05) is 37.3 Å². The van der Waals surface area contributed by atoms with Crippen LogP contribution in [0, 0.1) is 0 Å². The topological polar surface area (TPSA) is 105 Å². The van der Waals surface area contributed by atoms with Gasteiger partial charge >= 0.3 is 5.97 Å². The van der Waals surface area contributed by atoms with Gasteiger partial charge in [0, 0.05) is 0 Å². The summed E-state index contributed by atoms with van der Waals surface area (Å²) < 4.78 is 28.0. The van der Waals surface area contributed by atoms with Crippen LogP contribution in [0.4, 0.5) is 0 Å². The lowest BCUT2D eigenvalue weighted by atomic mass is 10.2. The van der Waals surface area contributed by atoms with E-state index in [-0.39, 0.29) is 5.75 Å². The van der Waals surface area contributed by atoms with Crippen LogP contribution in [0.2, 0.25) is 0 Å². The average molecular weight is 583 g/mol. The molecule has 9 heteroatoms. The fourth-order valence-corrected chi connectivity index (χ4v) is 3.79. The van der Waals surface area contributed by atoms with E-state index in [4.69, 9.17) is 23.7 Å². The Bertz CT molecular complexity index is 1500. The third-order valence-corrected chi connectivity index (χ3v) is 6.10. The Hall–Kier alpha value is -5.31. The molecule has 1 amide bonds. The zero-order chi connectivity index (χ0) is 30.4. The summed E-state index contributed by atoms with van der Waals surface area (Å²) in [7, 11) is 1.47. The second kappa shape index (κ2) is 15.6. The molecule has 4 aromatic rings. The van der Waals surface area contributed by atoms with Crippen LogP contribution in [0.3, 0.4) is 0 Å². The van der Waals surface area contributed by atoms with Gasteiger partial charge in [0.2, 0.25) is 0 Å². The van der Waals surface area contributed by atoms with Crippen LogP contribution in [0.5, 0.6) is 28.7 Å². The summed E-state index contributed by atoms with van der Waals surface area (Å²) in [6.45, 7) is 4.71. The number of carbonyl (C=O) groups excluding carboxylic acids is 2. The number of hydrogen-bond donors (Lipinski definition) is 1. The standard InChI is InChI=1S/C34H34N2O7/c1-4-20-40-28-13-11-27(12-14-28)34(38)43-31-19-10-26(21-32(31)39-3)22-35-36-33(37)24(2)42-30-17-15-29(16-18-30)41-23-25-8-6-5-7-9-25/h5-19,21-22,24H,4,20,23H2,1-3H3,(H,36,37)/b35-22-/t24-/m1/s1. The molecule has 0 aromatic heterocycles. The predicted octanol–water partition coefficient (Wildman–Crippen LogP) is 6.20. The van der Waals surface area contributed by atoms with Crippen molar-refractivity contribution in [3.63, 3.8) is 0 Å². The van der Waals surface area contributed by atoms with Gasteiger partial charge in [0.15, 0.2) is 17.6 Å². The Morgan fingerprint density at radius 1 is 0.837 bits per heavy atom. The first-order chi connectivity index (χ1) is 20.9. The first kappa shape index (κ1) is 30.6. The minimum atomic E-state index is -0.795. The fraction of sp³-hybridized carbons (Fsp3) is 0.206. The van der Waals surface area contributed by atoms with Crippen LogP contribution in [0.25, 0.3) is 0 Å². The first-order valence-corrected chi connectivity index (χ1v) is 13.8. The minimum absolute atomic E-state index is 0.249. The molecule has 0 fully saturated rings. The zero-order valence-electron chi connectivity index (χ0n) is 24.3. The number of carbonyl (C=O) groups is 2. The van der Waals surface area contributed by atoms with E-state index in [2.05, 4.69) is 10.5 Å². The number of ether oxygens (including phenoxy) is 5. The molecule has 222 valence electrons. The Labute approximate surface area is 251 Å². The molecule has 9 nitrogen and oxygen atoms in total. The van der Waals surface area contributed by atoms with Crippen LogP contribution in [-0.2, 0) is 11.4 Å². The highest BCUT2D eigenvalue weighted by molar-refractivity contribution is 5.92. The van der Waals surface area contributed by atoms with Crippen LogP contribution in [0.15, 0.2) is 102 Å². The van der Waals surface area contributed by atoms with E-state index in [1.165, 1.54) is 13.3 Å². The van der Waals surface area contributed by atoms with Gasteiger partial charge in [0.25, 0.3) is 5.91 Å². The number of hydrogen-bond acceptors (Lipinski definition) is 8. The van der Waals surface area contributed by atoms with E-state index < -0.39 is 18.0 Å². The molecular formula is C34H34N2O7. The van der Waals surface area contributed by atoms with Crippen molar-refractivity contribution < 1.29 is 33.3 Å². The van der Waals surface area contributed by atoms with Gasteiger partial charge < -0.3 is 23.7 Å². The van der Waals surface area contributed by atoms with Crippen LogP contribution in [0.1, 0.15) is 41.8 Å². The molecule has 0 heterocycles. The highest BCUT2D eigenvalue weighted by Crippen LogP contribution is 2.28. The summed E-state index contributed by atoms with van der Waals surface area (Å²) >= 11 is 0. The number of nitrogens with zero attached hydrogens (tertiary/aromatic N) is 1. The molecule has 0 unspecified atom stereocenters. The maximum Gasteiger partial charge on any atom is 0.343 e. The zero-order valence-corrected chi connectivity index (χ0v) is 24.3. The van der Waals surface area contributed by atoms with E-state index in [0.717, 1.165) is 12.0 Å². The van der Waals surface area contributed by atoms with Crippen LogP contribution < -0.4 is 29.1 Å². The molecule has 0 bridgehead atoms. The lowest BCUT2D eigenvalue weighted by Crippen LogP contribution is -2.33. The summed E-state index contributed by atoms with van der Waals surface area (Å²) in [4.78, 5) is 25.1. The van der Waals surface area contributed by atoms with Gasteiger partial charge in [-0.05, 0) is 91.2 Å². The van der Waals surface area contributed by atoms with Crippen LogP contribution >= 0.6 is 0 Å². The molecule has 0 aliphatic heterocycles. The number of esters is 1. The third kappa shape index (κ3) is 9.36. The van der Waals surface area contributed by atoms with Crippen molar-refractivity contribution in [2.24, 2.45) is 5.10 Å². The molecule has 0 spiro atoms. The molecule has 0 saturated carbocycles. The van der Waals surface area contributed by atoms with Crippen molar-refractivity contribution >= 4 is 18.1 Å².